The van der Waals surface area contributed by atoms with Gasteiger partial charge in [0.15, 0.2) is 0 Å². The van der Waals surface area contributed by atoms with Crippen molar-refractivity contribution in [2.75, 3.05) is 49.1 Å². The number of carbonyl (C=O) groups excluding carboxylic acids is 2. The van der Waals surface area contributed by atoms with Gasteiger partial charge in [-0.3, -0.25) is 9.59 Å². The molecule has 2 amide bonds. The van der Waals surface area contributed by atoms with E-state index in [1.165, 1.54) is 28.6 Å². The summed E-state index contributed by atoms with van der Waals surface area (Å²) in [7, 11) is -3.83. The van der Waals surface area contributed by atoms with Crippen LogP contribution in [0.5, 0.6) is 0 Å². The predicted octanol–water partition coefficient (Wildman–Crippen LogP) is 2.82. The molecular weight excluding hydrogens is 640 g/mol. The Morgan fingerprint density at radius 1 is 1.07 bits per heavy atom. The van der Waals surface area contributed by atoms with Crippen LogP contribution >= 0.6 is 11.6 Å². The summed E-state index contributed by atoms with van der Waals surface area (Å²) in [6.07, 6.45) is 3.12. The van der Waals surface area contributed by atoms with Crippen LogP contribution in [-0.2, 0) is 25.5 Å². The number of alkyl halides is 2. The molecule has 2 aliphatic carbocycles. The lowest BCUT2D eigenvalue weighted by molar-refractivity contribution is -0.130. The minimum atomic E-state index is -3.83. The van der Waals surface area contributed by atoms with Gasteiger partial charge in [0, 0.05) is 74.8 Å². The van der Waals surface area contributed by atoms with Crippen molar-refractivity contribution in [2.45, 2.75) is 67.3 Å². The maximum absolute atomic E-state index is 15.9. The van der Waals surface area contributed by atoms with Gasteiger partial charge < -0.3 is 26.6 Å². The van der Waals surface area contributed by atoms with Crippen molar-refractivity contribution in [2.24, 2.45) is 23.3 Å². The fourth-order valence-corrected chi connectivity index (χ4v) is 8.40. The average molecular weight is 680 g/mol. The Morgan fingerprint density at radius 2 is 1.72 bits per heavy atom. The largest absolute Gasteiger partial charge is 0.354 e. The molecule has 4 aliphatic rings. The number of hydrogen-bond donors (Lipinski definition) is 3. The summed E-state index contributed by atoms with van der Waals surface area (Å²) < 4.78 is 59.9. The molecule has 0 spiro atoms. The minimum Gasteiger partial charge on any atom is -0.354 e. The number of piperazine rings is 1. The highest BCUT2D eigenvalue weighted by Crippen LogP contribution is 2.46. The van der Waals surface area contributed by atoms with Crippen LogP contribution in [0.25, 0.3) is 0 Å². The highest BCUT2D eigenvalue weighted by molar-refractivity contribution is 7.89. The monoisotopic (exact) mass is 679 g/mol. The van der Waals surface area contributed by atoms with E-state index in [-0.39, 0.29) is 96.2 Å². The first kappa shape index (κ1) is 33.0. The molecule has 2 saturated heterocycles. The molecule has 3 heterocycles. The van der Waals surface area contributed by atoms with Crippen LogP contribution in [-0.4, -0.2) is 80.4 Å². The summed E-state index contributed by atoms with van der Waals surface area (Å²) >= 11 is 6.25. The smallest absolute Gasteiger partial charge is 0.276 e. The van der Waals surface area contributed by atoms with Crippen molar-refractivity contribution in [3.05, 3.63) is 47.1 Å². The fourth-order valence-electron chi connectivity index (χ4n) is 6.78. The third kappa shape index (κ3) is 6.59. The van der Waals surface area contributed by atoms with Crippen molar-refractivity contribution in [1.82, 2.24) is 14.6 Å². The number of nitrogens with zero attached hydrogens (tertiary/aromatic N) is 4. The van der Waals surface area contributed by atoms with Gasteiger partial charge in [-0.05, 0) is 74.9 Å². The average Bonchev–Trinajstić information content (AvgIpc) is 3.74. The first-order valence-corrected chi connectivity index (χ1v) is 17.6. The van der Waals surface area contributed by atoms with E-state index in [1.54, 1.807) is 21.9 Å². The summed E-state index contributed by atoms with van der Waals surface area (Å²) in [6.45, 7) is 1.49. The van der Waals surface area contributed by atoms with Crippen LogP contribution in [0, 0.1) is 11.8 Å². The summed E-state index contributed by atoms with van der Waals surface area (Å²) in [5.41, 5.74) is 11.7. The van der Waals surface area contributed by atoms with Gasteiger partial charge in [-0.1, -0.05) is 11.6 Å². The molecule has 15 heteroatoms. The number of anilines is 2. The van der Waals surface area contributed by atoms with Crippen LogP contribution in [0.2, 0.25) is 5.15 Å². The molecule has 0 unspecified atom stereocenters. The predicted molar refractivity (Wildman–Crippen MR) is 170 cm³/mol. The SMILES string of the molecule is NCC1(NC(=O)[C@H]2CC[C@H](C(F)(F)c3cc(Cl)nc(N4CCN(S(=O)(=O)c5ccc(N6C[C@H](N)CC6=O)cc5)CC4)c3)CC2)CC1. The van der Waals surface area contributed by atoms with Crippen LogP contribution in [0.1, 0.15) is 50.5 Å². The van der Waals surface area contributed by atoms with E-state index in [1.807, 2.05) is 0 Å². The molecule has 0 bridgehead atoms. The van der Waals surface area contributed by atoms with E-state index in [4.69, 9.17) is 23.1 Å². The van der Waals surface area contributed by atoms with E-state index in [9.17, 15) is 18.0 Å². The highest BCUT2D eigenvalue weighted by Gasteiger charge is 2.47. The third-order valence-corrected chi connectivity index (χ3v) is 12.0. The topological polar surface area (TPSA) is 155 Å². The Hall–Kier alpha value is -2.91. The van der Waals surface area contributed by atoms with Gasteiger partial charge in [0.25, 0.3) is 5.92 Å². The van der Waals surface area contributed by atoms with Crippen molar-refractivity contribution < 1.29 is 26.8 Å². The molecule has 1 atom stereocenters. The standard InChI is InChI=1S/C31H40ClF2N7O4S/c32-26-15-22(31(33,34)21-3-1-20(2-4-21)29(43)38-30(19-35)9-10-30)16-27(37-26)39-11-13-40(14-12-39)46(44,45)25-7-5-24(6-8-25)41-18-23(36)17-28(41)42/h5-8,15-16,20-21,23H,1-4,9-14,17-19,35-36H2,(H,38,43)/t20-,21-,23-/m1/s1. The number of aromatic nitrogens is 1. The number of halogens is 3. The second-order valence-electron chi connectivity index (χ2n) is 13.0. The number of pyridine rings is 1. The van der Waals surface area contributed by atoms with E-state index < -0.39 is 21.9 Å². The molecule has 4 fully saturated rings. The Kier molecular flexibility index (Phi) is 9.04. The third-order valence-electron chi connectivity index (χ3n) is 9.91. The molecule has 250 valence electrons. The zero-order valence-corrected chi connectivity index (χ0v) is 27.1. The number of hydrogen-bond acceptors (Lipinski definition) is 8. The number of amides is 2. The van der Waals surface area contributed by atoms with Crippen LogP contribution < -0.4 is 26.6 Å². The molecule has 2 aliphatic heterocycles. The molecule has 2 saturated carbocycles. The Labute approximate surface area is 272 Å². The summed E-state index contributed by atoms with van der Waals surface area (Å²) in [5, 5.41) is 2.95. The molecule has 46 heavy (non-hydrogen) atoms. The lowest BCUT2D eigenvalue weighted by atomic mass is 9.77. The molecule has 6 rings (SSSR count). The quantitative estimate of drug-likeness (QED) is 0.342. The van der Waals surface area contributed by atoms with Gasteiger partial charge >= 0.3 is 0 Å². The van der Waals surface area contributed by atoms with E-state index in [2.05, 4.69) is 10.3 Å². The molecule has 1 aromatic heterocycles. The summed E-state index contributed by atoms with van der Waals surface area (Å²) in [4.78, 5) is 32.6. The number of sulfonamides is 1. The van der Waals surface area contributed by atoms with Gasteiger partial charge in [-0.15, -0.1) is 0 Å². The number of nitrogens with one attached hydrogen (secondary N) is 1. The lowest BCUT2D eigenvalue weighted by Crippen LogP contribution is -2.49. The molecule has 2 aromatic rings. The molecule has 0 radical (unpaired) electrons. The summed E-state index contributed by atoms with van der Waals surface area (Å²) in [5.74, 6) is -4.36. The number of rotatable bonds is 9. The van der Waals surface area contributed by atoms with Gasteiger partial charge in [0.05, 0.1) is 10.4 Å². The van der Waals surface area contributed by atoms with Crippen LogP contribution in [0.15, 0.2) is 41.3 Å². The van der Waals surface area contributed by atoms with Gasteiger partial charge in [-0.2, -0.15) is 4.31 Å². The van der Waals surface area contributed by atoms with Gasteiger partial charge in [-0.25, -0.2) is 22.2 Å². The van der Waals surface area contributed by atoms with E-state index in [0.29, 0.717) is 31.6 Å². The highest BCUT2D eigenvalue weighted by atomic mass is 35.5. The maximum Gasteiger partial charge on any atom is 0.276 e. The molecular formula is C31H40ClF2N7O4S. The summed E-state index contributed by atoms with van der Waals surface area (Å²) in [6, 6.07) is 8.44. The van der Waals surface area contributed by atoms with Gasteiger partial charge in [0.1, 0.15) is 11.0 Å². The van der Waals surface area contributed by atoms with Crippen LogP contribution in [0.4, 0.5) is 20.3 Å². The Balaban J connectivity index is 1.07. The molecule has 5 N–H and O–H groups in total. The second kappa shape index (κ2) is 12.6. The molecule has 11 nitrogen and oxygen atoms in total. The normalized spacial score (nSPS) is 25.5. The van der Waals surface area contributed by atoms with E-state index >= 15 is 8.78 Å². The van der Waals surface area contributed by atoms with Crippen molar-refractivity contribution in [3.8, 4) is 0 Å². The zero-order valence-electron chi connectivity index (χ0n) is 25.5. The van der Waals surface area contributed by atoms with Crippen molar-refractivity contribution in [3.63, 3.8) is 0 Å². The maximum atomic E-state index is 15.9. The Morgan fingerprint density at radius 3 is 2.28 bits per heavy atom. The lowest BCUT2D eigenvalue weighted by Gasteiger charge is -2.36. The Bertz CT molecular complexity index is 1580. The first-order chi connectivity index (χ1) is 21.8. The second-order valence-corrected chi connectivity index (χ2v) is 15.4. The number of carbonyl (C=O) groups is 2. The number of nitrogens with two attached hydrogens (primary N) is 2. The van der Waals surface area contributed by atoms with Crippen LogP contribution in [0.3, 0.4) is 0 Å². The first-order valence-electron chi connectivity index (χ1n) is 15.8. The zero-order chi connectivity index (χ0) is 32.9. The van der Waals surface area contributed by atoms with Crippen molar-refractivity contribution >= 4 is 44.9 Å². The van der Waals surface area contributed by atoms with E-state index in [0.717, 1.165) is 12.8 Å². The minimum absolute atomic E-state index is 0.0654. The number of benzene rings is 1. The fraction of sp³-hybridized carbons (Fsp3) is 0.581. The molecule has 1 aromatic carbocycles. The van der Waals surface area contributed by atoms with Crippen molar-refractivity contribution in [1.29, 1.82) is 0 Å². The van der Waals surface area contributed by atoms with Gasteiger partial charge in [0.2, 0.25) is 21.8 Å².